The summed E-state index contributed by atoms with van der Waals surface area (Å²) in [4.78, 5) is 4.06. The summed E-state index contributed by atoms with van der Waals surface area (Å²) in [5.74, 6) is 0.524. The van der Waals surface area contributed by atoms with Crippen molar-refractivity contribution in [3.8, 4) is 5.88 Å². The zero-order valence-corrected chi connectivity index (χ0v) is 8.46. The normalized spacial score (nSPS) is 10.3. The molecule has 0 fully saturated rings. The maximum absolute atomic E-state index is 11.9. The molecule has 0 radical (unpaired) electrons. The first-order valence-electron chi connectivity index (χ1n) is 4.65. The van der Waals surface area contributed by atoms with Crippen LogP contribution in [0.3, 0.4) is 0 Å². The van der Waals surface area contributed by atoms with Crippen molar-refractivity contribution in [1.29, 1.82) is 0 Å². The minimum atomic E-state index is -0.407. The summed E-state index contributed by atoms with van der Waals surface area (Å²) in [6.07, 6.45) is 1.72. The second-order valence-corrected chi connectivity index (χ2v) is 3.14. The summed E-state index contributed by atoms with van der Waals surface area (Å²) < 4.78 is 17.4. The fourth-order valence-corrected chi connectivity index (χ4v) is 1.02. The van der Waals surface area contributed by atoms with E-state index in [0.29, 0.717) is 5.88 Å². The summed E-state index contributed by atoms with van der Waals surface area (Å²) in [6, 6.07) is 3.61. The van der Waals surface area contributed by atoms with Crippen molar-refractivity contribution in [2.75, 3.05) is 18.5 Å². The molecule has 0 spiro atoms. The highest BCUT2D eigenvalue weighted by atomic mass is 19.1. The second kappa shape index (κ2) is 5.42. The van der Waals surface area contributed by atoms with E-state index in [9.17, 15) is 4.39 Å². The molecule has 1 aromatic rings. The average molecular weight is 198 g/mol. The highest BCUT2D eigenvalue weighted by Gasteiger charge is 2.05. The minimum absolute atomic E-state index is 0.0656. The van der Waals surface area contributed by atoms with Crippen molar-refractivity contribution in [2.45, 2.75) is 20.0 Å². The molecule has 1 N–H and O–H groups in total. The monoisotopic (exact) mass is 198 g/mol. The van der Waals surface area contributed by atoms with E-state index in [1.165, 1.54) is 0 Å². The molecule has 0 aliphatic rings. The molecule has 4 heteroatoms. The van der Waals surface area contributed by atoms with Gasteiger partial charge in [0.2, 0.25) is 5.88 Å². The molecule has 0 amide bonds. The lowest BCUT2D eigenvalue weighted by Crippen LogP contribution is -2.11. The Kier molecular flexibility index (Phi) is 4.16. The molecule has 14 heavy (non-hydrogen) atoms. The summed E-state index contributed by atoms with van der Waals surface area (Å²) in [6.45, 7) is 3.72. The molecule has 78 valence electrons. The number of aromatic nitrogens is 1. The minimum Gasteiger partial charge on any atom is -0.473 e. The van der Waals surface area contributed by atoms with Crippen LogP contribution in [0.1, 0.15) is 13.8 Å². The second-order valence-electron chi connectivity index (χ2n) is 3.14. The van der Waals surface area contributed by atoms with Crippen LogP contribution in [-0.2, 0) is 0 Å². The van der Waals surface area contributed by atoms with Crippen LogP contribution >= 0.6 is 0 Å². The van der Waals surface area contributed by atoms with Gasteiger partial charge in [-0.2, -0.15) is 0 Å². The van der Waals surface area contributed by atoms with Crippen molar-refractivity contribution in [2.24, 2.45) is 0 Å². The van der Waals surface area contributed by atoms with Gasteiger partial charge in [-0.1, -0.05) is 0 Å². The van der Waals surface area contributed by atoms with E-state index in [4.69, 9.17) is 4.74 Å². The maximum Gasteiger partial charge on any atom is 0.237 e. The van der Waals surface area contributed by atoms with Gasteiger partial charge >= 0.3 is 0 Å². The van der Waals surface area contributed by atoms with Gasteiger partial charge in [0.25, 0.3) is 0 Å². The molecule has 0 saturated heterocycles. The van der Waals surface area contributed by atoms with E-state index < -0.39 is 6.67 Å². The molecular weight excluding hydrogens is 183 g/mol. The van der Waals surface area contributed by atoms with E-state index in [1.807, 2.05) is 19.9 Å². The molecule has 1 heterocycles. The number of hydrogen-bond donors (Lipinski definition) is 1. The summed E-state index contributed by atoms with van der Waals surface area (Å²) in [7, 11) is 0. The smallest absolute Gasteiger partial charge is 0.237 e. The van der Waals surface area contributed by atoms with Crippen LogP contribution in [0.5, 0.6) is 5.88 Å². The molecule has 0 aromatic carbocycles. The third-order valence-corrected chi connectivity index (χ3v) is 1.53. The van der Waals surface area contributed by atoms with Crippen LogP contribution in [0.2, 0.25) is 0 Å². The lowest BCUT2D eigenvalue weighted by atomic mass is 10.4. The number of hydrogen-bond acceptors (Lipinski definition) is 3. The molecule has 0 unspecified atom stereocenters. The molecule has 0 atom stereocenters. The summed E-state index contributed by atoms with van der Waals surface area (Å²) in [5.41, 5.74) is 0.735. The van der Waals surface area contributed by atoms with Gasteiger partial charge < -0.3 is 10.1 Å². The number of nitrogens with zero attached hydrogens (tertiary/aromatic N) is 1. The van der Waals surface area contributed by atoms with E-state index in [0.717, 1.165) is 5.69 Å². The Hall–Kier alpha value is -1.32. The lowest BCUT2D eigenvalue weighted by Gasteiger charge is -2.13. The Morgan fingerprint density at radius 2 is 2.36 bits per heavy atom. The fraction of sp³-hybridized carbons (Fsp3) is 0.500. The molecule has 3 nitrogen and oxygen atoms in total. The number of anilines is 1. The maximum atomic E-state index is 11.9. The molecular formula is C10H15FN2O. The zero-order valence-electron chi connectivity index (χ0n) is 8.46. The molecule has 0 aliphatic carbocycles. The predicted octanol–water partition coefficient (Wildman–Crippen LogP) is 2.25. The van der Waals surface area contributed by atoms with Gasteiger partial charge in [0.1, 0.15) is 6.67 Å². The van der Waals surface area contributed by atoms with Crippen molar-refractivity contribution in [3.63, 3.8) is 0 Å². The van der Waals surface area contributed by atoms with Gasteiger partial charge in [-0.15, -0.1) is 0 Å². The fourth-order valence-electron chi connectivity index (χ4n) is 1.02. The van der Waals surface area contributed by atoms with Gasteiger partial charge in [0.05, 0.1) is 11.8 Å². The Morgan fingerprint density at radius 1 is 1.57 bits per heavy atom. The van der Waals surface area contributed by atoms with E-state index in [-0.39, 0.29) is 12.6 Å². The molecule has 1 aromatic heterocycles. The third-order valence-electron chi connectivity index (χ3n) is 1.53. The number of halogens is 1. The standard InChI is InChI=1S/C10H15FN2O/c1-8(2)14-10-9(12-7-5-11)4-3-6-13-10/h3-4,6,8,12H,5,7H2,1-2H3. The van der Waals surface area contributed by atoms with Crippen LogP contribution in [0.4, 0.5) is 10.1 Å². The third kappa shape index (κ3) is 3.20. The molecule has 0 bridgehead atoms. The Bertz CT molecular complexity index is 279. The predicted molar refractivity (Wildman–Crippen MR) is 54.5 cm³/mol. The van der Waals surface area contributed by atoms with Gasteiger partial charge in [-0.3, -0.25) is 0 Å². The first-order chi connectivity index (χ1) is 6.74. The van der Waals surface area contributed by atoms with Crippen molar-refractivity contribution < 1.29 is 9.13 Å². The van der Waals surface area contributed by atoms with Gasteiger partial charge in [0.15, 0.2) is 0 Å². The Labute approximate surface area is 83.3 Å². The molecule has 1 rings (SSSR count). The van der Waals surface area contributed by atoms with E-state index in [1.54, 1.807) is 12.3 Å². The SMILES string of the molecule is CC(C)Oc1ncccc1NCCF. The van der Waals surface area contributed by atoms with E-state index >= 15 is 0 Å². The van der Waals surface area contributed by atoms with Gasteiger partial charge in [-0.05, 0) is 26.0 Å². The number of nitrogens with one attached hydrogen (secondary N) is 1. The molecule has 0 saturated carbocycles. The average Bonchev–Trinajstić information content (AvgIpc) is 2.16. The first-order valence-corrected chi connectivity index (χ1v) is 4.65. The van der Waals surface area contributed by atoms with Crippen molar-refractivity contribution in [3.05, 3.63) is 18.3 Å². The van der Waals surface area contributed by atoms with Crippen LogP contribution in [0.25, 0.3) is 0 Å². The number of pyridine rings is 1. The van der Waals surface area contributed by atoms with Crippen LogP contribution in [0.15, 0.2) is 18.3 Å². The summed E-state index contributed by atoms with van der Waals surface area (Å²) >= 11 is 0. The zero-order chi connectivity index (χ0) is 10.4. The largest absolute Gasteiger partial charge is 0.473 e. The lowest BCUT2D eigenvalue weighted by molar-refractivity contribution is 0.234. The van der Waals surface area contributed by atoms with Gasteiger partial charge in [0, 0.05) is 12.7 Å². The van der Waals surface area contributed by atoms with Crippen molar-refractivity contribution >= 4 is 5.69 Å². The van der Waals surface area contributed by atoms with Crippen LogP contribution in [-0.4, -0.2) is 24.3 Å². The highest BCUT2D eigenvalue weighted by Crippen LogP contribution is 2.21. The summed E-state index contributed by atoms with van der Waals surface area (Å²) in [5, 5.41) is 2.91. The quantitative estimate of drug-likeness (QED) is 0.788. The Balaban J connectivity index is 2.69. The topological polar surface area (TPSA) is 34.1 Å². The van der Waals surface area contributed by atoms with E-state index in [2.05, 4.69) is 10.3 Å². The van der Waals surface area contributed by atoms with Crippen molar-refractivity contribution in [1.82, 2.24) is 4.98 Å². The number of ether oxygens (including phenoxy) is 1. The first kappa shape index (κ1) is 10.8. The highest BCUT2D eigenvalue weighted by molar-refractivity contribution is 5.51. The van der Waals surface area contributed by atoms with Gasteiger partial charge in [-0.25, -0.2) is 9.37 Å². The van der Waals surface area contributed by atoms with Crippen LogP contribution < -0.4 is 10.1 Å². The van der Waals surface area contributed by atoms with Crippen LogP contribution in [0, 0.1) is 0 Å². The number of rotatable bonds is 5. The number of alkyl halides is 1. The molecule has 0 aliphatic heterocycles. The Morgan fingerprint density at radius 3 is 3.00 bits per heavy atom.